The standard InChI is InChI=1S/C20H38N2O2Si/c1-18(2,3)25(4,5)24-20(11-7-6-8-12-20)22-15-13-19(17(22)23)10-9-14-21-16-19/h21H,6-16H2,1-5H3. The van der Waals surface area contributed by atoms with Crippen molar-refractivity contribution in [3.63, 3.8) is 0 Å². The third-order valence-electron chi connectivity index (χ3n) is 7.36. The lowest BCUT2D eigenvalue weighted by atomic mass is 9.79. The van der Waals surface area contributed by atoms with E-state index in [-0.39, 0.29) is 16.2 Å². The molecule has 2 saturated heterocycles. The Bertz CT molecular complexity index is 500. The number of nitrogens with one attached hydrogen (secondary N) is 1. The summed E-state index contributed by atoms with van der Waals surface area (Å²) < 4.78 is 7.04. The molecule has 1 aliphatic carbocycles. The topological polar surface area (TPSA) is 41.6 Å². The zero-order valence-corrected chi connectivity index (χ0v) is 18.0. The summed E-state index contributed by atoms with van der Waals surface area (Å²) in [6.45, 7) is 14.4. The molecule has 0 radical (unpaired) electrons. The summed E-state index contributed by atoms with van der Waals surface area (Å²) >= 11 is 0. The molecule has 0 aromatic rings. The molecule has 0 aromatic heterocycles. The maximum atomic E-state index is 13.5. The van der Waals surface area contributed by atoms with Gasteiger partial charge in [0.15, 0.2) is 8.32 Å². The van der Waals surface area contributed by atoms with Crippen LogP contribution in [0.4, 0.5) is 0 Å². The van der Waals surface area contributed by atoms with Crippen LogP contribution in [0, 0.1) is 5.41 Å². The van der Waals surface area contributed by atoms with Crippen LogP contribution in [0.15, 0.2) is 0 Å². The molecule has 3 aliphatic rings. The highest BCUT2D eigenvalue weighted by molar-refractivity contribution is 6.74. The van der Waals surface area contributed by atoms with Gasteiger partial charge in [0.2, 0.25) is 5.91 Å². The molecular weight excluding hydrogens is 328 g/mol. The van der Waals surface area contributed by atoms with Crippen molar-refractivity contribution in [3.05, 3.63) is 0 Å². The van der Waals surface area contributed by atoms with Crippen LogP contribution < -0.4 is 5.32 Å². The molecule has 144 valence electrons. The van der Waals surface area contributed by atoms with Crippen LogP contribution in [-0.4, -0.2) is 44.5 Å². The molecule has 1 N–H and O–H groups in total. The van der Waals surface area contributed by atoms with Gasteiger partial charge in [-0.3, -0.25) is 4.79 Å². The second-order valence-electron chi connectivity index (χ2n) is 10.1. The van der Waals surface area contributed by atoms with Gasteiger partial charge in [0, 0.05) is 13.1 Å². The molecule has 2 aliphatic heterocycles. The number of carbonyl (C=O) groups is 1. The Hall–Kier alpha value is -0.393. The zero-order chi connectivity index (χ0) is 18.3. The van der Waals surface area contributed by atoms with E-state index in [9.17, 15) is 4.79 Å². The van der Waals surface area contributed by atoms with Gasteiger partial charge in [-0.05, 0) is 69.6 Å². The van der Waals surface area contributed by atoms with Crippen molar-refractivity contribution in [1.82, 2.24) is 10.2 Å². The summed E-state index contributed by atoms with van der Waals surface area (Å²) in [4.78, 5) is 15.7. The molecule has 1 unspecified atom stereocenters. The molecule has 3 rings (SSSR count). The molecule has 2 heterocycles. The van der Waals surface area contributed by atoms with E-state index in [2.05, 4.69) is 44.1 Å². The van der Waals surface area contributed by atoms with E-state index in [1.807, 2.05) is 0 Å². The fourth-order valence-electron chi connectivity index (χ4n) is 4.73. The number of carbonyl (C=O) groups excluding carboxylic acids is 1. The average molecular weight is 367 g/mol. The van der Waals surface area contributed by atoms with Crippen LogP contribution in [0.25, 0.3) is 0 Å². The normalized spacial score (nSPS) is 30.9. The highest BCUT2D eigenvalue weighted by atomic mass is 28.4. The van der Waals surface area contributed by atoms with E-state index in [4.69, 9.17) is 4.43 Å². The second kappa shape index (κ2) is 6.65. The van der Waals surface area contributed by atoms with Crippen LogP contribution in [0.2, 0.25) is 18.1 Å². The first-order valence-electron chi connectivity index (χ1n) is 10.4. The number of rotatable bonds is 3. The fraction of sp³-hybridized carbons (Fsp3) is 0.950. The molecule has 0 bridgehead atoms. The summed E-state index contributed by atoms with van der Waals surface area (Å²) in [5.74, 6) is 0.375. The molecule has 0 aromatic carbocycles. The van der Waals surface area contributed by atoms with Crippen molar-refractivity contribution in [1.29, 1.82) is 0 Å². The third kappa shape index (κ3) is 3.44. The van der Waals surface area contributed by atoms with Crippen molar-refractivity contribution >= 4 is 14.2 Å². The van der Waals surface area contributed by atoms with E-state index in [0.29, 0.717) is 5.91 Å². The highest BCUT2D eigenvalue weighted by Crippen LogP contribution is 2.48. The van der Waals surface area contributed by atoms with E-state index in [1.165, 1.54) is 19.3 Å². The Morgan fingerprint density at radius 1 is 1.04 bits per heavy atom. The van der Waals surface area contributed by atoms with E-state index in [1.54, 1.807) is 0 Å². The Morgan fingerprint density at radius 2 is 1.72 bits per heavy atom. The van der Waals surface area contributed by atoms with Crippen molar-refractivity contribution in [2.75, 3.05) is 19.6 Å². The van der Waals surface area contributed by atoms with Gasteiger partial charge in [0.05, 0.1) is 5.41 Å². The highest BCUT2D eigenvalue weighted by Gasteiger charge is 2.56. The first kappa shape index (κ1) is 19.4. The number of amides is 1. The average Bonchev–Trinajstić information content (AvgIpc) is 2.85. The number of hydrogen-bond acceptors (Lipinski definition) is 3. The molecule has 1 amide bonds. The van der Waals surface area contributed by atoms with Gasteiger partial charge in [-0.1, -0.05) is 27.2 Å². The third-order valence-corrected chi connectivity index (χ3v) is 11.9. The number of piperidine rings is 1. The van der Waals surface area contributed by atoms with Crippen molar-refractivity contribution in [2.45, 2.75) is 96.0 Å². The Kier molecular flexibility index (Phi) is 5.15. The van der Waals surface area contributed by atoms with Gasteiger partial charge in [-0.25, -0.2) is 0 Å². The van der Waals surface area contributed by atoms with E-state index >= 15 is 0 Å². The lowest BCUT2D eigenvalue weighted by molar-refractivity contribution is -0.163. The largest absolute Gasteiger partial charge is 0.395 e. The predicted molar refractivity (Wildman–Crippen MR) is 105 cm³/mol. The SMILES string of the molecule is CC(C)(C)[Si](C)(C)OC1(N2CCC3(CCCNC3)C2=O)CCCCC1. The van der Waals surface area contributed by atoms with Crippen LogP contribution >= 0.6 is 0 Å². The van der Waals surface area contributed by atoms with E-state index < -0.39 is 8.32 Å². The molecule has 1 spiro atoms. The van der Waals surface area contributed by atoms with Crippen molar-refractivity contribution in [3.8, 4) is 0 Å². The molecule has 1 saturated carbocycles. The maximum absolute atomic E-state index is 13.5. The molecule has 3 fully saturated rings. The minimum Gasteiger partial charge on any atom is -0.395 e. The van der Waals surface area contributed by atoms with Crippen LogP contribution in [0.1, 0.15) is 72.1 Å². The molecule has 1 atom stereocenters. The van der Waals surface area contributed by atoms with Crippen molar-refractivity contribution < 1.29 is 9.22 Å². The predicted octanol–water partition coefficient (Wildman–Crippen LogP) is 4.27. The van der Waals surface area contributed by atoms with E-state index in [0.717, 1.165) is 51.7 Å². The smallest absolute Gasteiger partial charge is 0.232 e. The number of hydrogen-bond donors (Lipinski definition) is 1. The van der Waals surface area contributed by atoms with Crippen LogP contribution in [0.3, 0.4) is 0 Å². The number of nitrogens with zero attached hydrogens (tertiary/aromatic N) is 1. The lowest BCUT2D eigenvalue weighted by Gasteiger charge is -2.52. The summed E-state index contributed by atoms with van der Waals surface area (Å²) in [6, 6.07) is 0. The minimum atomic E-state index is -1.93. The van der Waals surface area contributed by atoms with Crippen LogP contribution in [0.5, 0.6) is 0 Å². The van der Waals surface area contributed by atoms with Gasteiger partial charge >= 0.3 is 0 Å². The summed E-state index contributed by atoms with van der Waals surface area (Å²) in [5, 5.41) is 3.65. The second-order valence-corrected chi connectivity index (χ2v) is 14.9. The molecule has 4 nitrogen and oxygen atoms in total. The molecule has 5 heteroatoms. The Labute approximate surface area is 155 Å². The molecular formula is C20H38N2O2Si. The fourth-order valence-corrected chi connectivity index (χ4v) is 6.30. The number of likely N-dealkylation sites (tertiary alicyclic amines) is 1. The van der Waals surface area contributed by atoms with Gasteiger partial charge < -0.3 is 14.6 Å². The zero-order valence-electron chi connectivity index (χ0n) is 17.0. The van der Waals surface area contributed by atoms with Gasteiger partial charge in [-0.2, -0.15) is 0 Å². The van der Waals surface area contributed by atoms with Gasteiger partial charge in [0.25, 0.3) is 0 Å². The minimum absolute atomic E-state index is 0.153. The maximum Gasteiger partial charge on any atom is 0.232 e. The van der Waals surface area contributed by atoms with Gasteiger partial charge in [-0.15, -0.1) is 0 Å². The summed E-state index contributed by atoms with van der Waals surface area (Å²) in [7, 11) is -1.93. The summed E-state index contributed by atoms with van der Waals surface area (Å²) in [5.41, 5.74) is -0.487. The quantitative estimate of drug-likeness (QED) is 0.758. The first-order valence-corrected chi connectivity index (χ1v) is 13.3. The Balaban J connectivity index is 1.87. The first-order chi connectivity index (χ1) is 11.6. The van der Waals surface area contributed by atoms with Crippen molar-refractivity contribution in [2.24, 2.45) is 5.41 Å². The monoisotopic (exact) mass is 366 g/mol. The molecule has 25 heavy (non-hydrogen) atoms. The summed E-state index contributed by atoms with van der Waals surface area (Å²) in [6.07, 6.45) is 8.86. The Morgan fingerprint density at radius 3 is 2.28 bits per heavy atom. The lowest BCUT2D eigenvalue weighted by Crippen LogP contribution is -2.61. The van der Waals surface area contributed by atoms with Gasteiger partial charge in [0.1, 0.15) is 5.72 Å². The van der Waals surface area contributed by atoms with Crippen LogP contribution in [-0.2, 0) is 9.22 Å².